The van der Waals surface area contributed by atoms with Gasteiger partial charge < -0.3 is 0 Å². The molecule has 0 aliphatic heterocycles. The molecule has 2 nitrogen and oxygen atoms in total. The van der Waals surface area contributed by atoms with E-state index in [1.165, 1.54) is 38.3 Å². The first kappa shape index (κ1) is 15.6. The molecule has 1 unspecified atom stereocenters. The molecular formula is C21H22O2S. The van der Waals surface area contributed by atoms with Crippen molar-refractivity contribution in [2.75, 3.05) is 6.26 Å². The minimum absolute atomic E-state index is 0.360. The van der Waals surface area contributed by atoms with Crippen LogP contribution >= 0.6 is 0 Å². The third kappa shape index (κ3) is 2.18. The van der Waals surface area contributed by atoms with Gasteiger partial charge in [-0.3, -0.25) is 0 Å². The minimum atomic E-state index is -3.10. The van der Waals surface area contributed by atoms with Crippen molar-refractivity contribution in [1.82, 2.24) is 0 Å². The number of fused-ring (bicyclic) bond motifs is 4. The predicted octanol–water partition coefficient (Wildman–Crippen LogP) is 2.19. The normalized spacial score (nSPS) is 20.9. The molecule has 3 heteroatoms. The number of benzene rings is 2. The topological polar surface area (TPSA) is 34.1 Å². The molecule has 2 aromatic rings. The maximum atomic E-state index is 12.4. The SMILES string of the molecule is CC1(C)c2c3c(ccc2=CCC1S(C)(=O)=O)=c1ccccc1=CC3. The van der Waals surface area contributed by atoms with Crippen LogP contribution in [0.15, 0.2) is 36.4 Å². The van der Waals surface area contributed by atoms with Gasteiger partial charge >= 0.3 is 0 Å². The van der Waals surface area contributed by atoms with Crippen LogP contribution in [0.4, 0.5) is 0 Å². The van der Waals surface area contributed by atoms with Gasteiger partial charge in [0.25, 0.3) is 0 Å². The summed E-state index contributed by atoms with van der Waals surface area (Å²) in [5, 5.41) is 4.61. The maximum absolute atomic E-state index is 12.4. The van der Waals surface area contributed by atoms with E-state index in [0.717, 1.165) is 6.42 Å². The lowest BCUT2D eigenvalue weighted by Crippen LogP contribution is -2.46. The van der Waals surface area contributed by atoms with Gasteiger partial charge in [-0.15, -0.1) is 0 Å². The van der Waals surface area contributed by atoms with Crippen LogP contribution in [-0.2, 0) is 21.7 Å². The van der Waals surface area contributed by atoms with Gasteiger partial charge in [0.2, 0.25) is 0 Å². The average molecular weight is 338 g/mol. The van der Waals surface area contributed by atoms with Gasteiger partial charge in [-0.1, -0.05) is 62.4 Å². The molecule has 0 heterocycles. The molecule has 0 spiro atoms. The third-order valence-corrected chi connectivity index (χ3v) is 7.46. The molecule has 0 N–H and O–H groups in total. The van der Waals surface area contributed by atoms with E-state index in [9.17, 15) is 8.42 Å². The van der Waals surface area contributed by atoms with Crippen LogP contribution in [0.2, 0.25) is 0 Å². The molecule has 24 heavy (non-hydrogen) atoms. The van der Waals surface area contributed by atoms with Crippen molar-refractivity contribution in [3.05, 3.63) is 68.4 Å². The maximum Gasteiger partial charge on any atom is 0.151 e. The fraction of sp³-hybridized carbons (Fsp3) is 0.333. The zero-order valence-corrected chi connectivity index (χ0v) is 15.2. The molecule has 124 valence electrons. The highest BCUT2D eigenvalue weighted by atomic mass is 32.2. The average Bonchev–Trinajstić information content (AvgIpc) is 2.52. The lowest BCUT2D eigenvalue weighted by molar-refractivity contribution is 0.460. The summed E-state index contributed by atoms with van der Waals surface area (Å²) in [6.07, 6.45) is 7.20. The van der Waals surface area contributed by atoms with Gasteiger partial charge in [0.05, 0.1) is 5.25 Å². The van der Waals surface area contributed by atoms with Crippen molar-refractivity contribution in [3.8, 4) is 0 Å². The molecule has 0 aromatic heterocycles. The molecule has 4 rings (SSSR count). The van der Waals surface area contributed by atoms with Crippen molar-refractivity contribution in [3.63, 3.8) is 0 Å². The Morgan fingerprint density at radius 2 is 1.71 bits per heavy atom. The van der Waals surface area contributed by atoms with Crippen LogP contribution < -0.4 is 10.4 Å². The van der Waals surface area contributed by atoms with E-state index < -0.39 is 9.84 Å². The van der Waals surface area contributed by atoms with E-state index >= 15 is 0 Å². The summed E-state index contributed by atoms with van der Waals surface area (Å²) in [6, 6.07) is 12.8. The van der Waals surface area contributed by atoms with Gasteiger partial charge in [0.15, 0.2) is 9.84 Å². The van der Waals surface area contributed by atoms with Crippen LogP contribution in [0.3, 0.4) is 0 Å². The van der Waals surface area contributed by atoms with E-state index in [2.05, 4.69) is 62.4 Å². The summed E-state index contributed by atoms with van der Waals surface area (Å²) in [7, 11) is -3.10. The summed E-state index contributed by atoms with van der Waals surface area (Å²) in [5.74, 6) is 0. The van der Waals surface area contributed by atoms with Crippen LogP contribution in [0.25, 0.3) is 12.2 Å². The second-order valence-electron chi connectivity index (χ2n) is 7.53. The van der Waals surface area contributed by atoms with Crippen molar-refractivity contribution >= 4 is 22.0 Å². The van der Waals surface area contributed by atoms with Gasteiger partial charge in [-0.2, -0.15) is 0 Å². The van der Waals surface area contributed by atoms with E-state index in [-0.39, 0.29) is 10.7 Å². The Kier molecular flexibility index (Phi) is 3.30. The zero-order valence-electron chi connectivity index (χ0n) is 14.3. The monoisotopic (exact) mass is 338 g/mol. The van der Waals surface area contributed by atoms with Crippen molar-refractivity contribution in [2.45, 2.75) is 37.4 Å². The quantitative estimate of drug-likeness (QED) is 0.799. The molecule has 0 amide bonds. The van der Waals surface area contributed by atoms with Crippen LogP contribution in [0.5, 0.6) is 0 Å². The second kappa shape index (κ2) is 5.06. The molecular weight excluding hydrogens is 316 g/mol. The summed E-state index contributed by atoms with van der Waals surface area (Å²) < 4.78 is 24.7. The predicted molar refractivity (Wildman–Crippen MR) is 98.7 cm³/mol. The third-order valence-electron chi connectivity index (χ3n) is 5.64. The molecule has 2 aromatic carbocycles. The molecule has 0 radical (unpaired) electrons. The van der Waals surface area contributed by atoms with E-state index in [1.807, 2.05) is 0 Å². The fourth-order valence-electron chi connectivity index (χ4n) is 4.59. The van der Waals surface area contributed by atoms with E-state index in [0.29, 0.717) is 6.42 Å². The Morgan fingerprint density at radius 1 is 0.958 bits per heavy atom. The summed E-state index contributed by atoms with van der Waals surface area (Å²) >= 11 is 0. The smallest absolute Gasteiger partial charge is 0.151 e. The molecule has 2 aliphatic rings. The first-order chi connectivity index (χ1) is 11.3. The minimum Gasteiger partial charge on any atom is -0.229 e. The second-order valence-corrected chi connectivity index (χ2v) is 9.76. The van der Waals surface area contributed by atoms with E-state index in [4.69, 9.17) is 0 Å². The molecule has 1 atom stereocenters. The van der Waals surface area contributed by atoms with E-state index in [1.54, 1.807) is 0 Å². The first-order valence-corrected chi connectivity index (χ1v) is 10.4. The molecule has 0 fully saturated rings. The van der Waals surface area contributed by atoms with Gasteiger partial charge in [0.1, 0.15) is 0 Å². The largest absolute Gasteiger partial charge is 0.229 e. The molecule has 0 saturated heterocycles. The Morgan fingerprint density at radius 3 is 2.46 bits per heavy atom. The Balaban J connectivity index is 2.14. The standard InChI is InChI=1S/C21H22O2S/c1-21(2)19(24(3,22)23)13-10-15-9-11-17-16-7-5-4-6-14(16)8-12-18(17)20(15)21/h4-11,19H,12-13H2,1-3H3. The number of hydrogen-bond donors (Lipinski definition) is 0. The van der Waals surface area contributed by atoms with Gasteiger partial charge in [0, 0.05) is 11.7 Å². The number of hydrogen-bond acceptors (Lipinski definition) is 2. The highest BCUT2D eigenvalue weighted by Gasteiger charge is 2.41. The Bertz CT molecular complexity index is 1160. The van der Waals surface area contributed by atoms with Crippen LogP contribution in [-0.4, -0.2) is 19.9 Å². The Labute approximate surface area is 142 Å². The highest BCUT2D eigenvalue weighted by molar-refractivity contribution is 7.91. The zero-order chi connectivity index (χ0) is 17.1. The van der Waals surface area contributed by atoms with Crippen molar-refractivity contribution in [1.29, 1.82) is 0 Å². The highest BCUT2D eigenvalue weighted by Crippen LogP contribution is 2.37. The summed E-state index contributed by atoms with van der Waals surface area (Å²) in [4.78, 5) is 0. The fourth-order valence-corrected chi connectivity index (χ4v) is 6.23. The number of sulfone groups is 1. The lowest BCUT2D eigenvalue weighted by atomic mass is 9.72. The van der Waals surface area contributed by atoms with Crippen molar-refractivity contribution < 1.29 is 8.42 Å². The lowest BCUT2D eigenvalue weighted by Gasteiger charge is -2.38. The van der Waals surface area contributed by atoms with Gasteiger partial charge in [-0.25, -0.2) is 8.42 Å². The van der Waals surface area contributed by atoms with Crippen molar-refractivity contribution in [2.24, 2.45) is 0 Å². The Hall–Kier alpha value is -1.87. The molecule has 0 saturated carbocycles. The first-order valence-electron chi connectivity index (χ1n) is 8.41. The molecule has 0 bridgehead atoms. The van der Waals surface area contributed by atoms with Crippen LogP contribution in [0, 0.1) is 10.4 Å². The summed E-state index contributed by atoms with van der Waals surface area (Å²) in [5.41, 5.74) is 2.12. The van der Waals surface area contributed by atoms with Crippen LogP contribution in [0.1, 0.15) is 31.4 Å². The molecule has 2 aliphatic carbocycles. The summed E-state index contributed by atoms with van der Waals surface area (Å²) in [6.45, 7) is 4.18. The number of rotatable bonds is 1. The van der Waals surface area contributed by atoms with Gasteiger partial charge in [-0.05, 0) is 44.8 Å².